The van der Waals surface area contributed by atoms with Crippen LogP contribution in [0.15, 0.2) is 59.7 Å². The van der Waals surface area contributed by atoms with E-state index >= 15 is 0 Å². The second-order valence-corrected chi connectivity index (χ2v) is 5.87. The van der Waals surface area contributed by atoms with Crippen molar-refractivity contribution < 1.29 is 0 Å². The van der Waals surface area contributed by atoms with Crippen LogP contribution in [0.5, 0.6) is 0 Å². The van der Waals surface area contributed by atoms with Crippen LogP contribution in [0.25, 0.3) is 0 Å². The summed E-state index contributed by atoms with van der Waals surface area (Å²) in [6, 6.07) is 16.4. The molecule has 0 atom stereocenters. The lowest BCUT2D eigenvalue weighted by atomic mass is 10.3. The minimum absolute atomic E-state index is 0. The highest BCUT2D eigenvalue weighted by Crippen LogP contribution is 2.10. The Hall–Kier alpha value is -1.83. The first-order chi connectivity index (χ1) is 12.3. The van der Waals surface area contributed by atoms with Crippen molar-refractivity contribution in [1.29, 1.82) is 0 Å². The number of pyridine rings is 1. The number of anilines is 1. The maximum absolute atomic E-state index is 4.66. The fourth-order valence-corrected chi connectivity index (χ4v) is 2.51. The van der Waals surface area contributed by atoms with Crippen LogP contribution in [-0.4, -0.2) is 44.2 Å². The van der Waals surface area contributed by atoms with Gasteiger partial charge in [0.2, 0.25) is 0 Å². The van der Waals surface area contributed by atoms with Gasteiger partial charge < -0.3 is 15.5 Å². The first kappa shape index (κ1) is 22.2. The summed E-state index contributed by atoms with van der Waals surface area (Å²) in [7, 11) is 2.12. The lowest BCUT2D eigenvalue weighted by Gasteiger charge is -2.18. The second kappa shape index (κ2) is 13.4. The van der Waals surface area contributed by atoms with E-state index in [0.717, 1.165) is 50.7 Å². The number of aromatic nitrogens is 1. The zero-order valence-corrected chi connectivity index (χ0v) is 18.0. The van der Waals surface area contributed by atoms with Crippen LogP contribution in [0.4, 0.5) is 5.69 Å². The van der Waals surface area contributed by atoms with Crippen LogP contribution >= 0.6 is 24.0 Å². The van der Waals surface area contributed by atoms with E-state index in [1.807, 2.05) is 30.5 Å². The molecule has 2 N–H and O–H groups in total. The number of aliphatic imine (C=N–C) groups is 1. The molecule has 1 aromatic heterocycles. The molecule has 0 aliphatic carbocycles. The van der Waals surface area contributed by atoms with Crippen LogP contribution in [0.1, 0.15) is 19.0 Å². The number of benzene rings is 1. The van der Waals surface area contributed by atoms with Crippen LogP contribution in [0, 0.1) is 0 Å². The van der Waals surface area contributed by atoms with Crippen LogP contribution in [0.3, 0.4) is 0 Å². The topological polar surface area (TPSA) is 52.6 Å². The van der Waals surface area contributed by atoms with Gasteiger partial charge in [0.15, 0.2) is 5.96 Å². The summed E-state index contributed by atoms with van der Waals surface area (Å²) in [5.74, 6) is 0.876. The van der Waals surface area contributed by atoms with Crippen LogP contribution in [0.2, 0.25) is 0 Å². The van der Waals surface area contributed by atoms with Gasteiger partial charge in [-0.1, -0.05) is 24.3 Å². The average molecular weight is 467 g/mol. The third-order valence-electron chi connectivity index (χ3n) is 3.86. The number of guanidine groups is 1. The van der Waals surface area contributed by atoms with E-state index in [1.54, 1.807) is 0 Å². The van der Waals surface area contributed by atoms with Gasteiger partial charge in [-0.15, -0.1) is 24.0 Å². The minimum atomic E-state index is 0. The molecule has 2 rings (SSSR count). The van der Waals surface area contributed by atoms with Gasteiger partial charge in [0.25, 0.3) is 0 Å². The predicted octanol–water partition coefficient (Wildman–Crippen LogP) is 3.32. The van der Waals surface area contributed by atoms with Gasteiger partial charge in [0.05, 0.1) is 0 Å². The van der Waals surface area contributed by atoms with E-state index in [1.165, 1.54) is 5.69 Å². The molecule has 0 spiro atoms. The normalized spacial score (nSPS) is 10.8. The molecular formula is C20H30IN5. The Balaban J connectivity index is 0.00000338. The molecule has 0 radical (unpaired) electrons. The van der Waals surface area contributed by atoms with Gasteiger partial charge in [0, 0.05) is 57.2 Å². The minimum Gasteiger partial charge on any atom is -0.375 e. The third-order valence-corrected chi connectivity index (χ3v) is 3.86. The Bertz CT molecular complexity index is 619. The zero-order valence-electron chi connectivity index (χ0n) is 15.7. The fraction of sp³-hybridized carbons (Fsp3) is 0.400. The molecular weight excluding hydrogens is 437 g/mol. The summed E-state index contributed by atoms with van der Waals surface area (Å²) in [5.41, 5.74) is 2.34. The van der Waals surface area contributed by atoms with Crippen molar-refractivity contribution in [3.63, 3.8) is 0 Å². The molecule has 0 saturated carbocycles. The molecule has 1 aromatic carbocycles. The molecule has 5 nitrogen and oxygen atoms in total. The highest BCUT2D eigenvalue weighted by molar-refractivity contribution is 14.0. The maximum atomic E-state index is 4.66. The highest BCUT2D eigenvalue weighted by Gasteiger charge is 2.00. The van der Waals surface area contributed by atoms with Gasteiger partial charge in [-0.05, 0) is 37.6 Å². The number of hydrogen-bond acceptors (Lipinski definition) is 3. The van der Waals surface area contributed by atoms with Gasteiger partial charge in [-0.3, -0.25) is 9.98 Å². The first-order valence-corrected chi connectivity index (χ1v) is 8.98. The van der Waals surface area contributed by atoms with E-state index in [4.69, 9.17) is 0 Å². The number of para-hydroxylation sites is 1. The summed E-state index contributed by atoms with van der Waals surface area (Å²) < 4.78 is 0. The van der Waals surface area contributed by atoms with Gasteiger partial charge in [0.1, 0.15) is 0 Å². The Labute approximate surface area is 174 Å². The Morgan fingerprint density at radius 1 is 1.08 bits per heavy atom. The average Bonchev–Trinajstić information content (AvgIpc) is 2.66. The van der Waals surface area contributed by atoms with Crippen molar-refractivity contribution in [2.45, 2.75) is 19.8 Å². The second-order valence-electron chi connectivity index (χ2n) is 5.87. The summed E-state index contributed by atoms with van der Waals surface area (Å²) in [6.07, 6.45) is 3.74. The van der Waals surface area contributed by atoms with Crippen molar-refractivity contribution in [2.75, 3.05) is 38.1 Å². The number of nitrogens with one attached hydrogen (secondary N) is 2. The van der Waals surface area contributed by atoms with Gasteiger partial charge >= 0.3 is 0 Å². The molecule has 26 heavy (non-hydrogen) atoms. The van der Waals surface area contributed by atoms with E-state index in [0.29, 0.717) is 0 Å². The number of rotatable bonds is 9. The Morgan fingerprint density at radius 2 is 1.85 bits per heavy atom. The van der Waals surface area contributed by atoms with Crippen molar-refractivity contribution >= 4 is 35.6 Å². The Kier molecular flexibility index (Phi) is 11.4. The largest absolute Gasteiger partial charge is 0.375 e. The number of hydrogen-bond donors (Lipinski definition) is 2. The van der Waals surface area contributed by atoms with Crippen LogP contribution < -0.4 is 15.5 Å². The molecule has 0 amide bonds. The van der Waals surface area contributed by atoms with Crippen molar-refractivity contribution in [3.05, 3.63) is 60.4 Å². The molecule has 142 valence electrons. The lowest BCUT2D eigenvalue weighted by Crippen LogP contribution is -2.38. The monoisotopic (exact) mass is 467 g/mol. The zero-order chi connectivity index (χ0) is 17.7. The lowest BCUT2D eigenvalue weighted by molar-refractivity contribution is 0.761. The quantitative estimate of drug-likeness (QED) is 0.257. The van der Waals surface area contributed by atoms with Crippen LogP contribution in [-0.2, 0) is 6.42 Å². The summed E-state index contributed by atoms with van der Waals surface area (Å²) in [6.45, 7) is 5.56. The van der Waals surface area contributed by atoms with Crippen molar-refractivity contribution in [2.24, 2.45) is 4.99 Å². The van der Waals surface area contributed by atoms with Gasteiger partial charge in [-0.2, -0.15) is 0 Å². The summed E-state index contributed by atoms with van der Waals surface area (Å²) in [5, 5.41) is 6.67. The standard InChI is InChI=1S/C20H29N5.HI/c1-3-21-20(24-16-13-18-10-7-8-14-22-18)23-15-9-17-25(2)19-11-5-4-6-12-19;/h4-8,10-12,14H,3,9,13,15-17H2,1-2H3,(H2,21,23,24);1H. The smallest absolute Gasteiger partial charge is 0.191 e. The molecule has 0 unspecified atom stereocenters. The van der Waals surface area contributed by atoms with Crippen molar-refractivity contribution in [3.8, 4) is 0 Å². The molecule has 0 saturated heterocycles. The fourth-order valence-electron chi connectivity index (χ4n) is 2.51. The van der Waals surface area contributed by atoms with E-state index in [-0.39, 0.29) is 24.0 Å². The molecule has 0 aliphatic rings. The molecule has 0 aliphatic heterocycles. The van der Waals surface area contributed by atoms with E-state index in [2.05, 4.69) is 63.7 Å². The number of halogens is 1. The maximum Gasteiger partial charge on any atom is 0.191 e. The molecule has 6 heteroatoms. The highest BCUT2D eigenvalue weighted by atomic mass is 127. The molecule has 2 aromatic rings. The Morgan fingerprint density at radius 3 is 2.54 bits per heavy atom. The van der Waals surface area contributed by atoms with E-state index in [9.17, 15) is 0 Å². The summed E-state index contributed by atoms with van der Waals surface area (Å²) in [4.78, 5) is 11.3. The SMILES string of the molecule is CCNC(=NCCCN(C)c1ccccc1)NCCc1ccccn1.I. The molecule has 0 fully saturated rings. The third kappa shape index (κ3) is 8.51. The predicted molar refractivity (Wildman–Crippen MR) is 122 cm³/mol. The number of nitrogens with zero attached hydrogens (tertiary/aromatic N) is 3. The molecule has 0 bridgehead atoms. The van der Waals surface area contributed by atoms with Crippen molar-refractivity contribution in [1.82, 2.24) is 15.6 Å². The molecule has 1 heterocycles. The van der Waals surface area contributed by atoms with Gasteiger partial charge in [-0.25, -0.2) is 0 Å². The first-order valence-electron chi connectivity index (χ1n) is 8.98. The summed E-state index contributed by atoms with van der Waals surface area (Å²) >= 11 is 0. The van der Waals surface area contributed by atoms with E-state index < -0.39 is 0 Å².